The topological polar surface area (TPSA) is 39.2 Å². The number of piperazine rings is 1. The minimum atomic E-state index is -4.67. The van der Waals surface area contributed by atoms with Gasteiger partial charge in [-0.1, -0.05) is 12.1 Å². The number of likely N-dealkylation sites (tertiary alicyclic amines) is 1. The van der Waals surface area contributed by atoms with Crippen LogP contribution in [0.25, 0.3) is 0 Å². The quantitative estimate of drug-likeness (QED) is 0.720. The zero-order valence-corrected chi connectivity index (χ0v) is 17.9. The molecule has 170 valence electrons. The van der Waals surface area contributed by atoms with E-state index < -0.39 is 6.36 Å². The molecule has 1 N–H and O–H groups in total. The highest BCUT2D eigenvalue weighted by Gasteiger charge is 2.34. The molecular weight excluding hydrogens is 395 g/mol. The molecule has 0 radical (unpaired) electrons. The van der Waals surface area contributed by atoms with Crippen molar-refractivity contribution in [2.75, 3.05) is 39.3 Å². The van der Waals surface area contributed by atoms with Crippen LogP contribution in [0.3, 0.4) is 0 Å². The van der Waals surface area contributed by atoms with Crippen molar-refractivity contribution in [2.45, 2.75) is 64.1 Å². The Morgan fingerprint density at radius 3 is 2.30 bits per heavy atom. The summed E-state index contributed by atoms with van der Waals surface area (Å²) in [6.45, 7) is 10.4. The Labute approximate surface area is 177 Å². The summed E-state index contributed by atoms with van der Waals surface area (Å²) in [7, 11) is 0. The van der Waals surface area contributed by atoms with Crippen molar-refractivity contribution in [3.8, 4) is 5.75 Å². The van der Waals surface area contributed by atoms with Gasteiger partial charge < -0.3 is 14.7 Å². The normalized spacial score (nSPS) is 23.2. The van der Waals surface area contributed by atoms with E-state index in [1.807, 2.05) is 0 Å². The third kappa shape index (κ3) is 6.57. The summed E-state index contributed by atoms with van der Waals surface area (Å²) in [6.07, 6.45) is -1.58. The fourth-order valence-corrected chi connectivity index (χ4v) is 4.75. The summed E-state index contributed by atoms with van der Waals surface area (Å²) in [5.74, 6) is -0.193. The molecule has 0 amide bonds. The fourth-order valence-electron chi connectivity index (χ4n) is 4.75. The summed E-state index contributed by atoms with van der Waals surface area (Å²) in [5.41, 5.74) is 0.964. The van der Waals surface area contributed by atoms with Gasteiger partial charge in [0.2, 0.25) is 0 Å². The van der Waals surface area contributed by atoms with Crippen molar-refractivity contribution in [3.05, 3.63) is 29.8 Å². The lowest BCUT2D eigenvalue weighted by Crippen LogP contribution is -2.58. The van der Waals surface area contributed by atoms with Gasteiger partial charge >= 0.3 is 6.36 Å². The average molecular weight is 430 g/mol. The molecule has 1 aromatic carbocycles. The number of ether oxygens (including phenoxy) is 1. The van der Waals surface area contributed by atoms with Gasteiger partial charge in [0.25, 0.3) is 0 Å². The van der Waals surface area contributed by atoms with Crippen molar-refractivity contribution < 1.29 is 23.0 Å². The predicted octanol–water partition coefficient (Wildman–Crippen LogP) is 3.33. The highest BCUT2D eigenvalue weighted by atomic mass is 19.4. The van der Waals surface area contributed by atoms with Gasteiger partial charge in [-0.25, -0.2) is 0 Å². The molecule has 2 heterocycles. The lowest BCUT2D eigenvalue weighted by Gasteiger charge is -2.48. The third-order valence-corrected chi connectivity index (χ3v) is 6.34. The molecule has 2 aliphatic rings. The van der Waals surface area contributed by atoms with Crippen LogP contribution in [-0.4, -0.2) is 83.6 Å². The number of hydrogen-bond acceptors (Lipinski definition) is 5. The van der Waals surface area contributed by atoms with Gasteiger partial charge in [0.1, 0.15) is 5.75 Å². The summed E-state index contributed by atoms with van der Waals surface area (Å²) < 4.78 is 40.9. The molecule has 2 aliphatic heterocycles. The summed E-state index contributed by atoms with van der Waals surface area (Å²) in [4.78, 5) is 7.45. The van der Waals surface area contributed by atoms with E-state index in [4.69, 9.17) is 0 Å². The van der Waals surface area contributed by atoms with E-state index in [0.717, 1.165) is 44.7 Å². The Morgan fingerprint density at radius 1 is 1.07 bits per heavy atom. The first kappa shape index (κ1) is 23.3. The van der Waals surface area contributed by atoms with E-state index in [-0.39, 0.29) is 12.4 Å². The van der Waals surface area contributed by atoms with Crippen LogP contribution in [0.4, 0.5) is 13.2 Å². The second-order valence-corrected chi connectivity index (χ2v) is 8.69. The van der Waals surface area contributed by atoms with Crippen LogP contribution in [0, 0.1) is 0 Å². The maximum absolute atomic E-state index is 12.3. The molecule has 0 bridgehead atoms. The van der Waals surface area contributed by atoms with E-state index >= 15 is 0 Å². The lowest BCUT2D eigenvalue weighted by atomic mass is 9.97. The fraction of sp³-hybridized carbons (Fsp3) is 0.727. The average Bonchev–Trinajstić information content (AvgIpc) is 2.69. The molecular formula is C22H34F3N3O2. The summed E-state index contributed by atoms with van der Waals surface area (Å²) in [6, 6.07) is 7.58. The molecule has 1 aromatic rings. The van der Waals surface area contributed by atoms with Crippen molar-refractivity contribution in [2.24, 2.45) is 0 Å². The minimum absolute atomic E-state index is 0.170. The molecule has 3 rings (SSSR count). The van der Waals surface area contributed by atoms with E-state index in [9.17, 15) is 18.3 Å². The number of benzene rings is 1. The minimum Gasteiger partial charge on any atom is -0.406 e. The highest BCUT2D eigenvalue weighted by Crippen LogP contribution is 2.26. The summed E-state index contributed by atoms with van der Waals surface area (Å²) >= 11 is 0. The van der Waals surface area contributed by atoms with E-state index in [2.05, 4.69) is 33.3 Å². The standard InChI is InChI=1S/C22H34F3N3O2/c1-17(2)27-10-7-19(8-11-27)28-13-12-26(16-20(28)9-14-29)15-18-3-5-21(6-4-18)30-22(23,24)25/h3-6,17,19-20,29H,7-16H2,1-2H3/t20-/m0/s1. The smallest absolute Gasteiger partial charge is 0.406 e. The SMILES string of the molecule is CC(C)N1CCC(N2CCN(Cc3ccc(OC(F)(F)F)cc3)C[C@@H]2CCO)CC1. The first-order chi connectivity index (χ1) is 14.2. The van der Waals surface area contributed by atoms with Crippen LogP contribution in [0.5, 0.6) is 5.75 Å². The number of aliphatic hydroxyl groups excluding tert-OH is 1. The Balaban J connectivity index is 1.55. The maximum atomic E-state index is 12.3. The molecule has 0 aromatic heterocycles. The van der Waals surface area contributed by atoms with Crippen molar-refractivity contribution in [1.82, 2.24) is 14.7 Å². The highest BCUT2D eigenvalue weighted by molar-refractivity contribution is 5.27. The van der Waals surface area contributed by atoms with Gasteiger partial charge in [0.15, 0.2) is 0 Å². The molecule has 2 fully saturated rings. The van der Waals surface area contributed by atoms with Crippen LogP contribution >= 0.6 is 0 Å². The second kappa shape index (κ2) is 10.3. The number of hydrogen-bond donors (Lipinski definition) is 1. The Hall–Kier alpha value is -1.35. The number of piperidine rings is 1. The van der Waals surface area contributed by atoms with Crippen LogP contribution in [0.2, 0.25) is 0 Å². The van der Waals surface area contributed by atoms with Crippen molar-refractivity contribution >= 4 is 0 Å². The molecule has 2 saturated heterocycles. The van der Waals surface area contributed by atoms with Gasteiger partial charge in [-0.05, 0) is 63.9 Å². The Bertz CT molecular complexity index is 646. The second-order valence-electron chi connectivity index (χ2n) is 8.69. The summed E-state index contributed by atoms with van der Waals surface area (Å²) in [5, 5.41) is 9.59. The van der Waals surface area contributed by atoms with E-state index in [1.165, 1.54) is 25.0 Å². The van der Waals surface area contributed by atoms with Crippen molar-refractivity contribution in [3.63, 3.8) is 0 Å². The number of rotatable bonds is 7. The molecule has 0 aliphatic carbocycles. The molecule has 1 atom stereocenters. The van der Waals surface area contributed by atoms with Crippen LogP contribution in [-0.2, 0) is 6.54 Å². The monoisotopic (exact) mass is 429 g/mol. The van der Waals surface area contributed by atoms with Gasteiger partial charge in [-0.3, -0.25) is 9.80 Å². The van der Waals surface area contributed by atoms with Gasteiger partial charge in [0, 0.05) is 50.9 Å². The third-order valence-electron chi connectivity index (χ3n) is 6.34. The number of alkyl halides is 3. The van der Waals surface area contributed by atoms with Crippen LogP contribution < -0.4 is 4.74 Å². The number of aliphatic hydroxyl groups is 1. The van der Waals surface area contributed by atoms with Crippen molar-refractivity contribution in [1.29, 1.82) is 0 Å². The Morgan fingerprint density at radius 2 is 1.73 bits per heavy atom. The van der Waals surface area contributed by atoms with E-state index in [1.54, 1.807) is 12.1 Å². The van der Waals surface area contributed by atoms with Gasteiger partial charge in [0.05, 0.1) is 0 Å². The van der Waals surface area contributed by atoms with Crippen LogP contribution in [0.1, 0.15) is 38.7 Å². The molecule has 30 heavy (non-hydrogen) atoms. The van der Waals surface area contributed by atoms with Gasteiger partial charge in [-0.15, -0.1) is 13.2 Å². The predicted molar refractivity (Wildman–Crippen MR) is 110 cm³/mol. The molecule has 0 saturated carbocycles. The first-order valence-electron chi connectivity index (χ1n) is 10.9. The lowest BCUT2D eigenvalue weighted by molar-refractivity contribution is -0.274. The maximum Gasteiger partial charge on any atom is 0.573 e. The van der Waals surface area contributed by atoms with Gasteiger partial charge in [-0.2, -0.15) is 0 Å². The zero-order valence-electron chi connectivity index (χ0n) is 17.9. The number of nitrogens with zero attached hydrogens (tertiary/aromatic N) is 3. The zero-order chi connectivity index (χ0) is 21.7. The molecule has 0 unspecified atom stereocenters. The molecule has 5 nitrogen and oxygen atoms in total. The number of halogens is 3. The first-order valence-corrected chi connectivity index (χ1v) is 10.9. The molecule has 8 heteroatoms. The molecule has 0 spiro atoms. The van der Waals surface area contributed by atoms with E-state index in [0.29, 0.717) is 24.7 Å². The largest absolute Gasteiger partial charge is 0.573 e. The Kier molecular flexibility index (Phi) is 8.01. The van der Waals surface area contributed by atoms with Crippen LogP contribution in [0.15, 0.2) is 24.3 Å².